The fourth-order valence-electron chi connectivity index (χ4n) is 1.40. The first-order valence-corrected chi connectivity index (χ1v) is 7.15. The fourth-order valence-corrected chi connectivity index (χ4v) is 4.13. The first kappa shape index (κ1) is 10.1. The Kier molecular flexibility index (Phi) is 2.85. The van der Waals surface area contributed by atoms with Crippen molar-refractivity contribution in [1.29, 1.82) is 0 Å². The molecule has 0 saturated carbocycles. The monoisotopic (exact) mass is 232 g/mol. The molecule has 0 atom stereocenters. The van der Waals surface area contributed by atoms with Gasteiger partial charge < -0.3 is 5.32 Å². The van der Waals surface area contributed by atoms with E-state index in [2.05, 4.69) is 10.3 Å². The lowest BCUT2D eigenvalue weighted by molar-refractivity contribution is 0.378. The van der Waals surface area contributed by atoms with Crippen LogP contribution in [0.1, 0.15) is 5.01 Å². The summed E-state index contributed by atoms with van der Waals surface area (Å²) in [5.41, 5.74) is 0. The molecule has 0 spiro atoms. The van der Waals surface area contributed by atoms with Crippen LogP contribution >= 0.6 is 11.3 Å². The highest BCUT2D eigenvalue weighted by Gasteiger charge is 2.24. The summed E-state index contributed by atoms with van der Waals surface area (Å²) in [6.45, 7) is 1.66. The van der Waals surface area contributed by atoms with E-state index < -0.39 is 9.84 Å². The molecule has 0 aromatic carbocycles. The summed E-state index contributed by atoms with van der Waals surface area (Å²) in [5.74, 6) is 0.695. The molecule has 1 fully saturated rings. The normalized spacial score (nSPS) is 18.0. The second-order valence-electron chi connectivity index (χ2n) is 3.50. The average molecular weight is 232 g/mol. The average Bonchev–Trinajstić information content (AvgIpc) is 2.49. The minimum atomic E-state index is -2.96. The van der Waals surface area contributed by atoms with Crippen LogP contribution in [0, 0.1) is 5.92 Å². The molecule has 0 radical (unpaired) electrons. The third-order valence-corrected chi connectivity index (χ3v) is 4.84. The number of rotatable bonds is 4. The maximum Gasteiger partial charge on any atom is 0.157 e. The predicted molar refractivity (Wildman–Crippen MR) is 56.0 cm³/mol. The molecule has 1 aliphatic heterocycles. The molecule has 1 aromatic rings. The molecule has 14 heavy (non-hydrogen) atoms. The molecule has 0 aliphatic carbocycles. The van der Waals surface area contributed by atoms with Crippen LogP contribution in [0.3, 0.4) is 0 Å². The van der Waals surface area contributed by atoms with Gasteiger partial charge in [-0.05, 0) is 5.92 Å². The molecule has 2 heterocycles. The lowest BCUT2D eigenvalue weighted by Gasteiger charge is -2.26. The van der Waals surface area contributed by atoms with Crippen molar-refractivity contribution in [2.45, 2.75) is 5.75 Å². The SMILES string of the molecule is O=S(=O)(Cc1nccs1)CC1CNC1. The second kappa shape index (κ2) is 3.96. The molecule has 0 amide bonds. The van der Waals surface area contributed by atoms with E-state index in [-0.39, 0.29) is 5.75 Å². The zero-order chi connectivity index (χ0) is 10.0. The van der Waals surface area contributed by atoms with Gasteiger partial charge in [0.1, 0.15) is 10.8 Å². The van der Waals surface area contributed by atoms with Crippen LogP contribution in [0.5, 0.6) is 0 Å². The highest BCUT2D eigenvalue weighted by molar-refractivity contribution is 7.90. The Hall–Kier alpha value is -0.460. The van der Waals surface area contributed by atoms with Crippen molar-refractivity contribution in [3.05, 3.63) is 16.6 Å². The Labute approximate surface area is 87.3 Å². The van der Waals surface area contributed by atoms with Crippen molar-refractivity contribution >= 4 is 21.2 Å². The highest BCUT2D eigenvalue weighted by Crippen LogP contribution is 2.14. The van der Waals surface area contributed by atoms with Gasteiger partial charge in [-0.2, -0.15) is 0 Å². The summed E-state index contributed by atoms with van der Waals surface area (Å²) in [7, 11) is -2.96. The minimum Gasteiger partial charge on any atom is -0.316 e. The molecule has 2 rings (SSSR count). The largest absolute Gasteiger partial charge is 0.316 e. The van der Waals surface area contributed by atoms with Crippen LogP contribution < -0.4 is 5.32 Å². The van der Waals surface area contributed by atoms with Gasteiger partial charge >= 0.3 is 0 Å². The van der Waals surface area contributed by atoms with Crippen molar-refractivity contribution in [2.75, 3.05) is 18.8 Å². The van der Waals surface area contributed by atoms with Gasteiger partial charge in [-0.15, -0.1) is 11.3 Å². The number of sulfone groups is 1. The van der Waals surface area contributed by atoms with E-state index in [1.165, 1.54) is 11.3 Å². The number of thiazole rings is 1. The lowest BCUT2D eigenvalue weighted by atomic mass is 10.1. The summed E-state index contributed by atoms with van der Waals surface area (Å²) < 4.78 is 23.3. The van der Waals surface area contributed by atoms with Gasteiger partial charge in [-0.3, -0.25) is 0 Å². The zero-order valence-electron chi connectivity index (χ0n) is 7.64. The third kappa shape index (κ3) is 2.52. The van der Waals surface area contributed by atoms with Crippen molar-refractivity contribution in [3.8, 4) is 0 Å². The topological polar surface area (TPSA) is 59.1 Å². The number of hydrogen-bond acceptors (Lipinski definition) is 5. The van der Waals surface area contributed by atoms with E-state index in [0.29, 0.717) is 16.7 Å². The first-order valence-electron chi connectivity index (χ1n) is 4.45. The molecule has 1 saturated heterocycles. The van der Waals surface area contributed by atoms with Crippen LogP contribution in [0.25, 0.3) is 0 Å². The maximum absolute atomic E-state index is 11.6. The lowest BCUT2D eigenvalue weighted by Crippen LogP contribution is -2.45. The van der Waals surface area contributed by atoms with Gasteiger partial charge in [0.05, 0.1) is 5.75 Å². The Morgan fingerprint density at radius 2 is 2.36 bits per heavy atom. The molecule has 6 heteroatoms. The summed E-state index contributed by atoms with van der Waals surface area (Å²) >= 11 is 1.40. The van der Waals surface area contributed by atoms with Crippen LogP contribution in [-0.2, 0) is 15.6 Å². The van der Waals surface area contributed by atoms with Crippen molar-refractivity contribution < 1.29 is 8.42 Å². The van der Waals surface area contributed by atoms with E-state index in [9.17, 15) is 8.42 Å². The Bertz CT molecular complexity index is 381. The van der Waals surface area contributed by atoms with Gasteiger partial charge in [0, 0.05) is 24.7 Å². The summed E-state index contributed by atoms with van der Waals surface area (Å²) in [6.07, 6.45) is 1.64. The van der Waals surface area contributed by atoms with Crippen molar-refractivity contribution in [3.63, 3.8) is 0 Å². The molecule has 1 N–H and O–H groups in total. The zero-order valence-corrected chi connectivity index (χ0v) is 9.27. The number of hydrogen-bond donors (Lipinski definition) is 1. The van der Waals surface area contributed by atoms with Gasteiger partial charge in [-0.1, -0.05) is 0 Å². The Morgan fingerprint density at radius 3 is 2.86 bits per heavy atom. The fraction of sp³-hybridized carbons (Fsp3) is 0.625. The quantitative estimate of drug-likeness (QED) is 0.810. The van der Waals surface area contributed by atoms with Crippen molar-refractivity contribution in [2.24, 2.45) is 5.92 Å². The summed E-state index contributed by atoms with van der Waals surface area (Å²) in [6, 6.07) is 0. The Balaban J connectivity index is 1.95. The van der Waals surface area contributed by atoms with Gasteiger partial charge in [0.15, 0.2) is 9.84 Å². The Morgan fingerprint density at radius 1 is 1.57 bits per heavy atom. The van der Waals surface area contributed by atoms with Crippen LogP contribution in [0.2, 0.25) is 0 Å². The van der Waals surface area contributed by atoms with E-state index in [0.717, 1.165) is 13.1 Å². The molecule has 0 bridgehead atoms. The van der Waals surface area contributed by atoms with Gasteiger partial charge in [0.25, 0.3) is 0 Å². The van der Waals surface area contributed by atoms with E-state index in [4.69, 9.17) is 0 Å². The molecular formula is C8H12N2O2S2. The molecule has 1 aromatic heterocycles. The summed E-state index contributed by atoms with van der Waals surface area (Å²) in [4.78, 5) is 3.98. The third-order valence-electron chi connectivity index (χ3n) is 2.18. The maximum atomic E-state index is 11.6. The molecular weight excluding hydrogens is 220 g/mol. The summed E-state index contributed by atoms with van der Waals surface area (Å²) in [5, 5.41) is 5.56. The molecule has 78 valence electrons. The number of nitrogens with zero attached hydrogens (tertiary/aromatic N) is 1. The van der Waals surface area contributed by atoms with E-state index in [1.54, 1.807) is 11.6 Å². The van der Waals surface area contributed by atoms with E-state index in [1.807, 2.05) is 0 Å². The van der Waals surface area contributed by atoms with Crippen molar-refractivity contribution in [1.82, 2.24) is 10.3 Å². The second-order valence-corrected chi connectivity index (χ2v) is 6.59. The van der Waals surface area contributed by atoms with Crippen LogP contribution in [0.4, 0.5) is 0 Å². The van der Waals surface area contributed by atoms with E-state index >= 15 is 0 Å². The first-order chi connectivity index (χ1) is 6.66. The standard InChI is InChI=1S/C8H12N2O2S2/c11-14(12,5-7-3-9-4-7)6-8-10-1-2-13-8/h1-2,7,9H,3-6H2. The predicted octanol–water partition coefficient (Wildman–Crippen LogP) is 0.277. The minimum absolute atomic E-state index is 0.0984. The smallest absolute Gasteiger partial charge is 0.157 e. The van der Waals surface area contributed by atoms with Gasteiger partial charge in [0.2, 0.25) is 0 Å². The van der Waals surface area contributed by atoms with Crippen LogP contribution in [0.15, 0.2) is 11.6 Å². The number of nitrogens with one attached hydrogen (secondary N) is 1. The highest BCUT2D eigenvalue weighted by atomic mass is 32.2. The number of aromatic nitrogens is 1. The van der Waals surface area contributed by atoms with Gasteiger partial charge in [-0.25, -0.2) is 13.4 Å². The molecule has 0 unspecified atom stereocenters. The molecule has 1 aliphatic rings. The van der Waals surface area contributed by atoms with Crippen LogP contribution in [-0.4, -0.2) is 32.2 Å². The molecule has 4 nitrogen and oxygen atoms in total.